The number of rotatable bonds is 4. The summed E-state index contributed by atoms with van der Waals surface area (Å²) in [5.74, 6) is -1.15. The SMILES string of the molecule is CCOC(=O)/C=C/c1nc(Cl)c(C(=O)OC)cc1N. The number of methoxy groups -OCH3 is 1. The van der Waals surface area contributed by atoms with Gasteiger partial charge < -0.3 is 15.2 Å². The molecule has 0 aromatic carbocycles. The zero-order valence-corrected chi connectivity index (χ0v) is 11.2. The molecule has 0 spiro atoms. The maximum Gasteiger partial charge on any atom is 0.341 e. The second-order valence-electron chi connectivity index (χ2n) is 3.38. The summed E-state index contributed by atoms with van der Waals surface area (Å²) in [6.07, 6.45) is 2.54. The Morgan fingerprint density at radius 1 is 1.53 bits per heavy atom. The summed E-state index contributed by atoms with van der Waals surface area (Å²) in [6.45, 7) is 1.97. The lowest BCUT2D eigenvalue weighted by Crippen LogP contribution is -2.06. The third kappa shape index (κ3) is 3.96. The molecule has 0 fully saturated rings. The van der Waals surface area contributed by atoms with Crippen LogP contribution in [0.5, 0.6) is 0 Å². The Labute approximate surface area is 115 Å². The lowest BCUT2D eigenvalue weighted by Gasteiger charge is -2.05. The zero-order chi connectivity index (χ0) is 14.4. The Kier molecular flexibility index (Phi) is 5.32. The first-order valence-electron chi connectivity index (χ1n) is 5.38. The van der Waals surface area contributed by atoms with E-state index < -0.39 is 11.9 Å². The molecule has 0 bridgehead atoms. The smallest absolute Gasteiger partial charge is 0.341 e. The molecule has 1 rings (SSSR count). The molecular formula is C12H13ClN2O4. The van der Waals surface area contributed by atoms with Gasteiger partial charge in [0.1, 0.15) is 5.15 Å². The van der Waals surface area contributed by atoms with Crippen LogP contribution in [0.3, 0.4) is 0 Å². The number of nitrogens with zero attached hydrogens (tertiary/aromatic N) is 1. The summed E-state index contributed by atoms with van der Waals surface area (Å²) >= 11 is 5.83. The quantitative estimate of drug-likeness (QED) is 0.514. The molecule has 0 saturated carbocycles. The molecule has 0 aliphatic carbocycles. The van der Waals surface area contributed by atoms with E-state index in [0.717, 1.165) is 0 Å². The Morgan fingerprint density at radius 3 is 2.79 bits per heavy atom. The molecule has 1 aromatic rings. The van der Waals surface area contributed by atoms with E-state index in [9.17, 15) is 9.59 Å². The van der Waals surface area contributed by atoms with Gasteiger partial charge in [0, 0.05) is 6.08 Å². The Bertz CT molecular complexity index is 529. The molecule has 0 saturated heterocycles. The predicted molar refractivity (Wildman–Crippen MR) is 70.7 cm³/mol. The molecule has 102 valence electrons. The normalized spacial score (nSPS) is 10.5. The second-order valence-corrected chi connectivity index (χ2v) is 3.74. The molecule has 0 aliphatic heterocycles. The maximum absolute atomic E-state index is 11.4. The molecule has 6 nitrogen and oxygen atoms in total. The van der Waals surface area contributed by atoms with Gasteiger partial charge >= 0.3 is 11.9 Å². The van der Waals surface area contributed by atoms with Gasteiger partial charge in [0.15, 0.2) is 0 Å². The number of hydrogen-bond donors (Lipinski definition) is 1. The molecule has 0 radical (unpaired) electrons. The van der Waals surface area contributed by atoms with Gasteiger partial charge in [-0.1, -0.05) is 11.6 Å². The number of nitrogens with two attached hydrogens (primary N) is 1. The molecule has 0 atom stereocenters. The fraction of sp³-hybridized carbons (Fsp3) is 0.250. The van der Waals surface area contributed by atoms with Crippen molar-refractivity contribution < 1.29 is 19.1 Å². The van der Waals surface area contributed by atoms with Crippen LogP contribution in [-0.2, 0) is 14.3 Å². The number of carbonyl (C=O) groups is 2. The third-order valence-corrected chi connectivity index (χ3v) is 2.39. The van der Waals surface area contributed by atoms with Gasteiger partial charge in [0.2, 0.25) is 0 Å². The first-order valence-corrected chi connectivity index (χ1v) is 5.76. The number of hydrogen-bond acceptors (Lipinski definition) is 6. The van der Waals surface area contributed by atoms with Crippen molar-refractivity contribution in [3.8, 4) is 0 Å². The van der Waals surface area contributed by atoms with Gasteiger partial charge in [0.05, 0.1) is 30.7 Å². The van der Waals surface area contributed by atoms with Crippen molar-refractivity contribution in [2.75, 3.05) is 19.5 Å². The molecule has 1 heterocycles. The van der Waals surface area contributed by atoms with Crippen LogP contribution in [0, 0.1) is 0 Å². The van der Waals surface area contributed by atoms with Crippen LogP contribution in [0.15, 0.2) is 12.1 Å². The zero-order valence-electron chi connectivity index (χ0n) is 10.5. The molecular weight excluding hydrogens is 272 g/mol. The van der Waals surface area contributed by atoms with Crippen LogP contribution < -0.4 is 5.73 Å². The highest BCUT2D eigenvalue weighted by Crippen LogP contribution is 2.21. The van der Waals surface area contributed by atoms with Gasteiger partial charge in [-0.05, 0) is 19.1 Å². The first kappa shape index (κ1) is 15.0. The highest BCUT2D eigenvalue weighted by atomic mass is 35.5. The van der Waals surface area contributed by atoms with E-state index in [4.69, 9.17) is 22.1 Å². The number of halogens is 1. The minimum absolute atomic E-state index is 0.0513. The van der Waals surface area contributed by atoms with E-state index in [1.165, 1.54) is 25.3 Å². The fourth-order valence-electron chi connectivity index (χ4n) is 1.24. The van der Waals surface area contributed by atoms with Crippen molar-refractivity contribution in [3.05, 3.63) is 28.6 Å². The summed E-state index contributed by atoms with van der Waals surface area (Å²) in [6, 6.07) is 1.34. The van der Waals surface area contributed by atoms with Crippen LogP contribution in [0.25, 0.3) is 6.08 Å². The fourth-order valence-corrected chi connectivity index (χ4v) is 1.47. The lowest BCUT2D eigenvalue weighted by atomic mass is 10.2. The predicted octanol–water partition coefficient (Wildman–Crippen LogP) is 1.68. The monoisotopic (exact) mass is 284 g/mol. The van der Waals surface area contributed by atoms with Crippen LogP contribution in [0.1, 0.15) is 23.0 Å². The Hall–Kier alpha value is -2.08. The van der Waals surface area contributed by atoms with Crippen molar-refractivity contribution in [3.63, 3.8) is 0 Å². The van der Waals surface area contributed by atoms with E-state index in [2.05, 4.69) is 9.72 Å². The van der Waals surface area contributed by atoms with Crippen LogP contribution >= 0.6 is 11.6 Å². The van der Waals surface area contributed by atoms with E-state index in [0.29, 0.717) is 0 Å². The number of anilines is 1. The Balaban J connectivity index is 3.02. The van der Waals surface area contributed by atoms with Crippen molar-refractivity contribution in [1.29, 1.82) is 0 Å². The molecule has 0 unspecified atom stereocenters. The molecule has 2 N–H and O–H groups in total. The third-order valence-electron chi connectivity index (χ3n) is 2.11. The standard InChI is InChI=1S/C12H13ClN2O4/c1-3-19-10(16)5-4-9-8(14)6-7(11(13)15-9)12(17)18-2/h4-6H,3,14H2,1-2H3/b5-4+. The van der Waals surface area contributed by atoms with E-state index >= 15 is 0 Å². The first-order chi connectivity index (χ1) is 8.99. The molecule has 0 aliphatic rings. The van der Waals surface area contributed by atoms with E-state index in [1.807, 2.05) is 0 Å². The van der Waals surface area contributed by atoms with Crippen molar-refractivity contribution in [2.45, 2.75) is 6.92 Å². The minimum Gasteiger partial charge on any atom is -0.465 e. The highest BCUT2D eigenvalue weighted by Gasteiger charge is 2.14. The second kappa shape index (κ2) is 6.75. The van der Waals surface area contributed by atoms with Crippen LogP contribution in [0.4, 0.5) is 5.69 Å². The topological polar surface area (TPSA) is 91.5 Å². The van der Waals surface area contributed by atoms with Gasteiger partial charge in [-0.2, -0.15) is 0 Å². The number of pyridine rings is 1. The van der Waals surface area contributed by atoms with E-state index in [1.54, 1.807) is 6.92 Å². The maximum atomic E-state index is 11.4. The van der Waals surface area contributed by atoms with Gasteiger partial charge in [-0.3, -0.25) is 0 Å². The van der Waals surface area contributed by atoms with Gasteiger partial charge in [-0.25, -0.2) is 14.6 Å². The number of carbonyl (C=O) groups excluding carboxylic acids is 2. The summed E-state index contributed by atoms with van der Waals surface area (Å²) in [5, 5.41) is -0.0513. The molecule has 1 aromatic heterocycles. The summed E-state index contributed by atoms with van der Waals surface area (Å²) in [5.41, 5.74) is 6.24. The number of aromatic nitrogens is 1. The minimum atomic E-state index is -0.634. The van der Waals surface area contributed by atoms with Gasteiger partial charge in [0.25, 0.3) is 0 Å². The molecule has 7 heteroatoms. The average Bonchev–Trinajstić information content (AvgIpc) is 2.38. The Morgan fingerprint density at radius 2 is 2.21 bits per heavy atom. The van der Waals surface area contributed by atoms with Crippen LogP contribution in [-0.4, -0.2) is 30.6 Å². The highest BCUT2D eigenvalue weighted by molar-refractivity contribution is 6.32. The molecule has 19 heavy (non-hydrogen) atoms. The molecule has 0 amide bonds. The summed E-state index contributed by atoms with van der Waals surface area (Å²) < 4.78 is 9.24. The number of nitrogen functional groups attached to an aromatic ring is 1. The van der Waals surface area contributed by atoms with Crippen molar-refractivity contribution in [1.82, 2.24) is 4.98 Å². The van der Waals surface area contributed by atoms with Crippen LogP contribution in [0.2, 0.25) is 5.15 Å². The van der Waals surface area contributed by atoms with Crippen molar-refractivity contribution in [2.24, 2.45) is 0 Å². The lowest BCUT2D eigenvalue weighted by molar-refractivity contribution is -0.137. The summed E-state index contributed by atoms with van der Waals surface area (Å²) in [7, 11) is 1.23. The summed E-state index contributed by atoms with van der Waals surface area (Å²) in [4.78, 5) is 26.4. The van der Waals surface area contributed by atoms with Gasteiger partial charge in [-0.15, -0.1) is 0 Å². The average molecular weight is 285 g/mol. The van der Waals surface area contributed by atoms with E-state index in [-0.39, 0.29) is 28.7 Å². The number of esters is 2. The number of ether oxygens (including phenoxy) is 2. The largest absolute Gasteiger partial charge is 0.465 e. The van der Waals surface area contributed by atoms with Crippen molar-refractivity contribution >= 4 is 35.3 Å².